The lowest BCUT2D eigenvalue weighted by Crippen LogP contribution is -2.12. The predicted molar refractivity (Wildman–Crippen MR) is 72.9 cm³/mol. The van der Waals surface area contributed by atoms with Gasteiger partial charge in [-0.05, 0) is 43.1 Å². The maximum absolute atomic E-state index is 5.87. The SMILES string of the molecule is CNC1CCc2c(OCc3ncccn3)cccc21. The van der Waals surface area contributed by atoms with Crippen molar-refractivity contribution in [3.8, 4) is 5.75 Å². The van der Waals surface area contributed by atoms with Crippen molar-refractivity contribution in [3.05, 3.63) is 53.6 Å². The van der Waals surface area contributed by atoms with Crippen LogP contribution >= 0.6 is 0 Å². The van der Waals surface area contributed by atoms with Crippen LogP contribution in [0.1, 0.15) is 29.4 Å². The number of rotatable bonds is 4. The second-order valence-corrected chi connectivity index (χ2v) is 4.66. The van der Waals surface area contributed by atoms with Gasteiger partial charge < -0.3 is 10.1 Å². The number of nitrogens with one attached hydrogen (secondary N) is 1. The van der Waals surface area contributed by atoms with E-state index in [1.54, 1.807) is 18.5 Å². The Bertz CT molecular complexity index is 557. The normalized spacial score (nSPS) is 17.2. The van der Waals surface area contributed by atoms with Crippen LogP contribution in [-0.4, -0.2) is 17.0 Å². The topological polar surface area (TPSA) is 47.0 Å². The molecule has 2 aromatic rings. The van der Waals surface area contributed by atoms with Gasteiger partial charge in [0.2, 0.25) is 0 Å². The summed E-state index contributed by atoms with van der Waals surface area (Å²) in [4.78, 5) is 8.34. The third-order valence-electron chi connectivity index (χ3n) is 3.55. The molecule has 0 amide bonds. The van der Waals surface area contributed by atoms with Crippen molar-refractivity contribution in [2.75, 3.05) is 7.05 Å². The number of fused-ring (bicyclic) bond motifs is 1. The van der Waals surface area contributed by atoms with Gasteiger partial charge in [-0.3, -0.25) is 0 Å². The molecule has 0 saturated carbocycles. The zero-order valence-corrected chi connectivity index (χ0v) is 11.0. The van der Waals surface area contributed by atoms with E-state index in [0.29, 0.717) is 18.5 Å². The molecule has 1 aromatic carbocycles. The molecule has 0 fully saturated rings. The van der Waals surface area contributed by atoms with Crippen LogP contribution in [0.2, 0.25) is 0 Å². The lowest BCUT2D eigenvalue weighted by atomic mass is 10.1. The Morgan fingerprint density at radius 1 is 1.26 bits per heavy atom. The summed E-state index contributed by atoms with van der Waals surface area (Å²) in [5.41, 5.74) is 2.67. The Balaban J connectivity index is 1.78. The van der Waals surface area contributed by atoms with Crippen molar-refractivity contribution in [2.24, 2.45) is 0 Å². The van der Waals surface area contributed by atoms with Crippen LogP contribution < -0.4 is 10.1 Å². The highest BCUT2D eigenvalue weighted by molar-refractivity contribution is 5.45. The Labute approximate surface area is 112 Å². The van der Waals surface area contributed by atoms with Crippen molar-refractivity contribution in [3.63, 3.8) is 0 Å². The summed E-state index contributed by atoms with van der Waals surface area (Å²) in [6.45, 7) is 0.418. The van der Waals surface area contributed by atoms with Gasteiger partial charge in [0.05, 0.1) is 0 Å². The zero-order valence-electron chi connectivity index (χ0n) is 11.0. The molecule has 1 unspecified atom stereocenters. The standard InChI is InChI=1S/C15H17N3O/c1-16-13-7-6-12-11(13)4-2-5-14(12)19-10-15-17-8-3-9-18-15/h2-5,8-9,13,16H,6-7,10H2,1H3. The molecule has 1 N–H and O–H groups in total. The molecule has 98 valence electrons. The summed E-state index contributed by atoms with van der Waals surface area (Å²) in [5, 5.41) is 3.34. The van der Waals surface area contributed by atoms with Crippen LogP contribution in [-0.2, 0) is 13.0 Å². The maximum Gasteiger partial charge on any atom is 0.166 e. The molecule has 0 radical (unpaired) electrons. The fraction of sp³-hybridized carbons (Fsp3) is 0.333. The predicted octanol–water partition coefficient (Wildman–Crippen LogP) is 2.26. The van der Waals surface area contributed by atoms with Gasteiger partial charge in [-0.2, -0.15) is 0 Å². The van der Waals surface area contributed by atoms with Gasteiger partial charge >= 0.3 is 0 Å². The van der Waals surface area contributed by atoms with Crippen molar-refractivity contribution < 1.29 is 4.74 Å². The van der Waals surface area contributed by atoms with E-state index in [-0.39, 0.29) is 0 Å². The second kappa shape index (κ2) is 5.36. The summed E-state index contributed by atoms with van der Waals surface area (Å²) in [6, 6.07) is 8.51. The first-order valence-electron chi connectivity index (χ1n) is 6.56. The summed E-state index contributed by atoms with van der Waals surface area (Å²) >= 11 is 0. The van der Waals surface area contributed by atoms with Crippen LogP contribution in [0, 0.1) is 0 Å². The minimum Gasteiger partial charge on any atom is -0.485 e. The van der Waals surface area contributed by atoms with Crippen molar-refractivity contribution in [1.29, 1.82) is 0 Å². The Kier molecular flexibility index (Phi) is 3.42. The fourth-order valence-electron chi connectivity index (χ4n) is 2.60. The first-order valence-corrected chi connectivity index (χ1v) is 6.56. The van der Waals surface area contributed by atoms with Gasteiger partial charge in [-0.25, -0.2) is 9.97 Å². The molecule has 0 bridgehead atoms. The van der Waals surface area contributed by atoms with E-state index in [1.807, 2.05) is 13.1 Å². The zero-order chi connectivity index (χ0) is 13.1. The molecule has 4 heteroatoms. The molecule has 0 saturated heterocycles. The van der Waals surface area contributed by atoms with E-state index in [0.717, 1.165) is 18.6 Å². The highest BCUT2D eigenvalue weighted by Gasteiger charge is 2.23. The van der Waals surface area contributed by atoms with Gasteiger partial charge in [0, 0.05) is 18.4 Å². The Morgan fingerprint density at radius 3 is 2.89 bits per heavy atom. The molecule has 19 heavy (non-hydrogen) atoms. The van der Waals surface area contributed by atoms with Crippen LogP contribution in [0.3, 0.4) is 0 Å². The molecule has 1 heterocycles. The first kappa shape index (κ1) is 12.1. The molecule has 3 rings (SSSR count). The molecule has 1 aliphatic rings. The summed E-state index contributed by atoms with van der Waals surface area (Å²) < 4.78 is 5.87. The lowest BCUT2D eigenvalue weighted by molar-refractivity contribution is 0.293. The summed E-state index contributed by atoms with van der Waals surface area (Å²) in [7, 11) is 2.01. The van der Waals surface area contributed by atoms with Crippen molar-refractivity contribution >= 4 is 0 Å². The number of hydrogen-bond acceptors (Lipinski definition) is 4. The van der Waals surface area contributed by atoms with E-state index in [9.17, 15) is 0 Å². The minimum atomic E-state index is 0.418. The fourth-order valence-corrected chi connectivity index (χ4v) is 2.60. The van der Waals surface area contributed by atoms with Crippen LogP contribution in [0.4, 0.5) is 0 Å². The molecule has 1 aromatic heterocycles. The van der Waals surface area contributed by atoms with E-state index in [2.05, 4.69) is 27.4 Å². The van der Waals surface area contributed by atoms with Gasteiger partial charge in [-0.1, -0.05) is 12.1 Å². The lowest BCUT2D eigenvalue weighted by Gasteiger charge is -2.12. The van der Waals surface area contributed by atoms with Crippen LogP contribution in [0.5, 0.6) is 5.75 Å². The largest absolute Gasteiger partial charge is 0.485 e. The van der Waals surface area contributed by atoms with Gasteiger partial charge in [-0.15, -0.1) is 0 Å². The quantitative estimate of drug-likeness (QED) is 0.910. The smallest absolute Gasteiger partial charge is 0.166 e. The van der Waals surface area contributed by atoms with Gasteiger partial charge in [0.25, 0.3) is 0 Å². The van der Waals surface area contributed by atoms with Crippen LogP contribution in [0.15, 0.2) is 36.7 Å². The average molecular weight is 255 g/mol. The number of nitrogens with zero attached hydrogens (tertiary/aromatic N) is 2. The van der Waals surface area contributed by atoms with E-state index >= 15 is 0 Å². The third kappa shape index (κ3) is 2.44. The highest BCUT2D eigenvalue weighted by atomic mass is 16.5. The molecular formula is C15H17N3O. The van der Waals surface area contributed by atoms with E-state index in [1.165, 1.54) is 11.1 Å². The van der Waals surface area contributed by atoms with E-state index in [4.69, 9.17) is 4.74 Å². The number of aromatic nitrogens is 2. The van der Waals surface area contributed by atoms with E-state index < -0.39 is 0 Å². The van der Waals surface area contributed by atoms with Crippen molar-refractivity contribution in [1.82, 2.24) is 15.3 Å². The average Bonchev–Trinajstić information content (AvgIpc) is 2.90. The third-order valence-corrected chi connectivity index (χ3v) is 3.55. The van der Waals surface area contributed by atoms with Crippen LogP contribution in [0.25, 0.3) is 0 Å². The van der Waals surface area contributed by atoms with Gasteiger partial charge in [0.15, 0.2) is 5.82 Å². The monoisotopic (exact) mass is 255 g/mol. The molecule has 4 nitrogen and oxygen atoms in total. The number of ether oxygens (including phenoxy) is 1. The number of benzene rings is 1. The summed E-state index contributed by atoms with van der Waals surface area (Å²) in [5.74, 6) is 1.67. The number of hydrogen-bond donors (Lipinski definition) is 1. The Morgan fingerprint density at radius 2 is 2.11 bits per heavy atom. The first-order chi connectivity index (χ1) is 9.38. The Hall–Kier alpha value is -1.94. The molecular weight excluding hydrogens is 238 g/mol. The molecule has 1 atom stereocenters. The molecule has 1 aliphatic carbocycles. The molecule has 0 spiro atoms. The highest BCUT2D eigenvalue weighted by Crippen LogP contribution is 2.36. The van der Waals surface area contributed by atoms with Gasteiger partial charge in [0.1, 0.15) is 12.4 Å². The minimum absolute atomic E-state index is 0.418. The van der Waals surface area contributed by atoms with Crippen molar-refractivity contribution in [2.45, 2.75) is 25.5 Å². The second-order valence-electron chi connectivity index (χ2n) is 4.66. The summed E-state index contributed by atoms with van der Waals surface area (Å²) in [6.07, 6.45) is 5.66. The maximum atomic E-state index is 5.87. The molecule has 0 aliphatic heterocycles.